The maximum atomic E-state index is 6.16. The Morgan fingerprint density at radius 2 is 1.93 bits per heavy atom. The molecule has 1 aromatic carbocycles. The van der Waals surface area contributed by atoms with Crippen molar-refractivity contribution >= 4 is 11.6 Å². The maximum absolute atomic E-state index is 6.16. The molecule has 0 heterocycles. The van der Waals surface area contributed by atoms with Gasteiger partial charge < -0.3 is 5.73 Å². The Kier molecular flexibility index (Phi) is 4.43. The highest BCUT2D eigenvalue weighted by atomic mass is 35.5. The van der Waals surface area contributed by atoms with Gasteiger partial charge in [-0.1, -0.05) is 43.6 Å². The van der Waals surface area contributed by atoms with E-state index in [0.717, 1.165) is 11.4 Å². The minimum absolute atomic E-state index is 0.480. The molecule has 1 unspecified atom stereocenters. The highest BCUT2D eigenvalue weighted by Gasteiger charge is 2.16. The average molecular weight is 212 g/mol. The van der Waals surface area contributed by atoms with Crippen molar-refractivity contribution < 1.29 is 0 Å². The number of benzene rings is 1. The van der Waals surface area contributed by atoms with E-state index in [4.69, 9.17) is 17.3 Å². The number of hydrogen-bond donors (Lipinski definition) is 1. The molecule has 0 aliphatic rings. The van der Waals surface area contributed by atoms with E-state index in [1.165, 1.54) is 5.56 Å². The van der Waals surface area contributed by atoms with Crippen molar-refractivity contribution in [3.8, 4) is 0 Å². The Morgan fingerprint density at radius 3 is 2.43 bits per heavy atom. The van der Waals surface area contributed by atoms with Crippen LogP contribution in [0.15, 0.2) is 24.3 Å². The van der Waals surface area contributed by atoms with Gasteiger partial charge >= 0.3 is 0 Å². The summed E-state index contributed by atoms with van der Waals surface area (Å²) in [6.45, 7) is 5.14. The molecule has 14 heavy (non-hydrogen) atoms. The molecule has 0 fully saturated rings. The third kappa shape index (κ3) is 2.73. The first-order chi connectivity index (χ1) is 6.66. The van der Waals surface area contributed by atoms with Crippen LogP contribution in [0.4, 0.5) is 0 Å². The van der Waals surface area contributed by atoms with E-state index in [1.807, 2.05) is 18.2 Å². The Bertz CT molecular complexity index is 283. The van der Waals surface area contributed by atoms with Crippen LogP contribution in [0.2, 0.25) is 5.02 Å². The zero-order valence-electron chi connectivity index (χ0n) is 8.83. The Hall–Kier alpha value is -0.530. The van der Waals surface area contributed by atoms with E-state index >= 15 is 0 Å². The van der Waals surface area contributed by atoms with Crippen LogP contribution in [-0.4, -0.2) is 6.54 Å². The third-order valence-corrected chi connectivity index (χ3v) is 2.93. The quantitative estimate of drug-likeness (QED) is 0.812. The van der Waals surface area contributed by atoms with Gasteiger partial charge in [-0.3, -0.25) is 0 Å². The van der Waals surface area contributed by atoms with Crippen LogP contribution in [0.1, 0.15) is 31.7 Å². The molecular weight excluding hydrogens is 194 g/mol. The summed E-state index contributed by atoms with van der Waals surface area (Å²) < 4.78 is 0. The first kappa shape index (κ1) is 11.5. The van der Waals surface area contributed by atoms with Crippen LogP contribution in [0, 0.1) is 5.92 Å². The van der Waals surface area contributed by atoms with E-state index in [-0.39, 0.29) is 0 Å². The molecule has 2 heteroatoms. The van der Waals surface area contributed by atoms with Crippen LogP contribution in [0.25, 0.3) is 0 Å². The molecule has 0 amide bonds. The summed E-state index contributed by atoms with van der Waals surface area (Å²) in [5, 5.41) is 0.861. The van der Waals surface area contributed by atoms with Crippen LogP contribution in [-0.2, 0) is 0 Å². The largest absolute Gasteiger partial charge is 0.330 e. The number of hydrogen-bond acceptors (Lipinski definition) is 1. The van der Waals surface area contributed by atoms with Gasteiger partial charge in [0.1, 0.15) is 0 Å². The minimum atomic E-state index is 0.480. The van der Waals surface area contributed by atoms with E-state index < -0.39 is 0 Å². The fraction of sp³-hybridized carbons (Fsp3) is 0.500. The van der Waals surface area contributed by atoms with Gasteiger partial charge in [0, 0.05) is 5.02 Å². The molecule has 0 saturated carbocycles. The molecule has 1 aromatic rings. The molecule has 0 saturated heterocycles. The standard InChI is InChI=1S/C12H18ClN/c1-9(2)10(7-8-14)11-5-3-4-6-12(11)13/h3-6,9-10H,7-8,14H2,1-2H3. The molecule has 0 aliphatic heterocycles. The van der Waals surface area contributed by atoms with Gasteiger partial charge in [-0.05, 0) is 36.4 Å². The van der Waals surface area contributed by atoms with Crippen LogP contribution in [0.5, 0.6) is 0 Å². The molecule has 0 spiro atoms. The predicted octanol–water partition coefficient (Wildman–Crippen LogP) is 3.43. The summed E-state index contributed by atoms with van der Waals surface area (Å²) in [5.41, 5.74) is 6.84. The second kappa shape index (κ2) is 5.38. The highest BCUT2D eigenvalue weighted by Crippen LogP contribution is 2.32. The Balaban J connectivity index is 2.93. The fourth-order valence-corrected chi connectivity index (χ4v) is 2.08. The maximum Gasteiger partial charge on any atom is 0.0440 e. The van der Waals surface area contributed by atoms with Crippen molar-refractivity contribution in [3.63, 3.8) is 0 Å². The molecule has 2 N–H and O–H groups in total. The lowest BCUT2D eigenvalue weighted by Gasteiger charge is -2.21. The lowest BCUT2D eigenvalue weighted by molar-refractivity contribution is 0.473. The topological polar surface area (TPSA) is 26.0 Å². The Labute approximate surface area is 91.3 Å². The van der Waals surface area contributed by atoms with E-state index in [1.54, 1.807) is 0 Å². The van der Waals surface area contributed by atoms with Crippen molar-refractivity contribution in [2.24, 2.45) is 11.7 Å². The lowest BCUT2D eigenvalue weighted by Crippen LogP contribution is -2.13. The van der Waals surface area contributed by atoms with Gasteiger partial charge in [-0.25, -0.2) is 0 Å². The van der Waals surface area contributed by atoms with Gasteiger partial charge in [0.2, 0.25) is 0 Å². The van der Waals surface area contributed by atoms with Crippen molar-refractivity contribution in [3.05, 3.63) is 34.9 Å². The summed E-state index contributed by atoms with van der Waals surface area (Å²) in [5.74, 6) is 1.06. The zero-order chi connectivity index (χ0) is 10.6. The SMILES string of the molecule is CC(C)C(CCN)c1ccccc1Cl. The van der Waals surface area contributed by atoms with E-state index in [2.05, 4.69) is 19.9 Å². The Morgan fingerprint density at radius 1 is 1.29 bits per heavy atom. The summed E-state index contributed by atoms with van der Waals surface area (Å²) in [6, 6.07) is 8.05. The smallest absolute Gasteiger partial charge is 0.0440 e. The van der Waals surface area contributed by atoms with Crippen LogP contribution < -0.4 is 5.73 Å². The second-order valence-electron chi connectivity index (χ2n) is 3.95. The van der Waals surface area contributed by atoms with Gasteiger partial charge in [0.05, 0.1) is 0 Å². The van der Waals surface area contributed by atoms with Crippen molar-refractivity contribution in [2.45, 2.75) is 26.2 Å². The summed E-state index contributed by atoms with van der Waals surface area (Å²) in [4.78, 5) is 0. The third-order valence-electron chi connectivity index (χ3n) is 2.59. The molecule has 78 valence electrons. The first-order valence-corrected chi connectivity index (χ1v) is 5.49. The van der Waals surface area contributed by atoms with Crippen LogP contribution in [0.3, 0.4) is 0 Å². The average Bonchev–Trinajstić information content (AvgIpc) is 2.15. The number of nitrogens with two attached hydrogens (primary N) is 1. The summed E-state index contributed by atoms with van der Waals surface area (Å²) in [7, 11) is 0. The minimum Gasteiger partial charge on any atom is -0.330 e. The lowest BCUT2D eigenvalue weighted by atomic mass is 9.86. The fourth-order valence-electron chi connectivity index (χ4n) is 1.80. The van der Waals surface area contributed by atoms with Crippen LogP contribution >= 0.6 is 11.6 Å². The predicted molar refractivity (Wildman–Crippen MR) is 62.7 cm³/mol. The van der Waals surface area contributed by atoms with E-state index in [9.17, 15) is 0 Å². The molecule has 0 aromatic heterocycles. The zero-order valence-corrected chi connectivity index (χ0v) is 9.59. The van der Waals surface area contributed by atoms with Gasteiger partial charge in [0.25, 0.3) is 0 Å². The molecule has 1 rings (SSSR count). The summed E-state index contributed by atoms with van der Waals surface area (Å²) in [6.07, 6.45) is 1.00. The van der Waals surface area contributed by atoms with Gasteiger partial charge in [-0.2, -0.15) is 0 Å². The first-order valence-electron chi connectivity index (χ1n) is 5.11. The van der Waals surface area contributed by atoms with Crippen molar-refractivity contribution in [1.82, 2.24) is 0 Å². The molecule has 1 nitrogen and oxygen atoms in total. The molecule has 0 radical (unpaired) electrons. The van der Waals surface area contributed by atoms with Crippen molar-refractivity contribution in [1.29, 1.82) is 0 Å². The van der Waals surface area contributed by atoms with Gasteiger partial charge in [-0.15, -0.1) is 0 Å². The second-order valence-corrected chi connectivity index (χ2v) is 4.36. The highest BCUT2D eigenvalue weighted by molar-refractivity contribution is 6.31. The number of halogens is 1. The number of rotatable bonds is 4. The monoisotopic (exact) mass is 211 g/mol. The molecule has 0 bridgehead atoms. The molecular formula is C12H18ClN. The normalized spacial score (nSPS) is 13.2. The van der Waals surface area contributed by atoms with E-state index in [0.29, 0.717) is 18.4 Å². The van der Waals surface area contributed by atoms with Crippen molar-refractivity contribution in [2.75, 3.05) is 6.54 Å². The van der Waals surface area contributed by atoms with Gasteiger partial charge in [0.15, 0.2) is 0 Å². The molecule has 0 aliphatic carbocycles. The molecule has 1 atom stereocenters. The summed E-state index contributed by atoms with van der Waals surface area (Å²) >= 11 is 6.16.